The Kier molecular flexibility index (Phi) is 8.53. The zero-order chi connectivity index (χ0) is 44.4. The highest BCUT2D eigenvalue weighted by Gasteiger charge is 2.52. The highest BCUT2D eigenvalue weighted by Crippen LogP contribution is 2.64. The zero-order valence-corrected chi connectivity index (χ0v) is 37.7. The van der Waals surface area contributed by atoms with Crippen LogP contribution in [0.15, 0.2) is 192 Å². The molecule has 1 atom stereocenters. The lowest BCUT2D eigenvalue weighted by Crippen LogP contribution is -2.25. The zero-order valence-electron chi connectivity index (χ0n) is 37.7. The van der Waals surface area contributed by atoms with Gasteiger partial charge in [0.2, 0.25) is 0 Å². The van der Waals surface area contributed by atoms with Gasteiger partial charge in [-0.15, -0.1) is 0 Å². The molecule has 0 aliphatic heterocycles. The molecule has 0 bridgehead atoms. The molecule has 1 unspecified atom stereocenters. The Morgan fingerprint density at radius 2 is 0.862 bits per heavy atom. The summed E-state index contributed by atoms with van der Waals surface area (Å²) in [6.07, 6.45) is 0. The summed E-state index contributed by atoms with van der Waals surface area (Å²) in [5.41, 5.74) is 21.4. The molecule has 1 nitrogen and oxygen atoms in total. The van der Waals surface area contributed by atoms with Crippen molar-refractivity contribution in [2.24, 2.45) is 0 Å². The van der Waals surface area contributed by atoms with Crippen LogP contribution >= 0.6 is 0 Å². The summed E-state index contributed by atoms with van der Waals surface area (Å²) in [7, 11) is 0. The molecule has 2 aliphatic carbocycles. The monoisotopic (exact) mass is 840 g/mol. The van der Waals surface area contributed by atoms with Crippen molar-refractivity contribution in [1.82, 2.24) is 0 Å². The van der Waals surface area contributed by atoms with Gasteiger partial charge in [-0.2, -0.15) is 0 Å². The third-order valence-corrected chi connectivity index (χ3v) is 14.3. The van der Waals surface area contributed by atoms with Crippen LogP contribution in [-0.2, 0) is 16.2 Å². The summed E-state index contributed by atoms with van der Waals surface area (Å²) in [4.78, 5) is 0. The Morgan fingerprint density at radius 3 is 1.51 bits per heavy atom. The Morgan fingerprint density at radius 1 is 0.354 bits per heavy atom. The van der Waals surface area contributed by atoms with E-state index in [1.165, 1.54) is 27.8 Å². The Balaban J connectivity index is 1.20. The third-order valence-electron chi connectivity index (χ3n) is 14.3. The Hall–Kier alpha value is -7.29. The Bertz CT molecular complexity index is 3520. The maximum Gasteiger partial charge on any atom is 0.143 e. The first-order valence-corrected chi connectivity index (χ1v) is 22.9. The van der Waals surface area contributed by atoms with E-state index in [2.05, 4.69) is 211 Å². The minimum atomic E-state index is -0.704. The normalized spacial score (nSPS) is 15.1. The highest BCUT2D eigenvalue weighted by atomic mass is 19.1. The van der Waals surface area contributed by atoms with E-state index < -0.39 is 5.41 Å². The van der Waals surface area contributed by atoms with Gasteiger partial charge in [-0.05, 0) is 112 Å². The van der Waals surface area contributed by atoms with Crippen LogP contribution in [0, 0.1) is 5.82 Å². The van der Waals surface area contributed by atoms with E-state index >= 15 is 4.39 Å². The second-order valence-corrected chi connectivity index (χ2v) is 20.1. The van der Waals surface area contributed by atoms with E-state index in [9.17, 15) is 0 Å². The topological polar surface area (TPSA) is 13.1 Å². The van der Waals surface area contributed by atoms with E-state index in [0.717, 1.165) is 94.3 Å². The standard InChI is InChI=1S/C63H49FO/c1-61(2,3)43-28-24-41(25-29-43)56-50(40-22-20-39(21-23-40)38-14-8-7-9-15-38)37-51-48-34-35-54-58(59(48)65-60(51)57(56)42-26-30-44(31-27-42)62(4,5)6)49-17-11-13-19-53(49)63(54)52-18-12-10-16-46(52)47-33-32-45(64)36-55(47)63/h7-37H,1-6H3. The molecule has 1 aromatic heterocycles. The smallest absolute Gasteiger partial charge is 0.143 e. The molecule has 1 heterocycles. The van der Waals surface area contributed by atoms with Crippen molar-refractivity contribution in [1.29, 1.82) is 0 Å². The fourth-order valence-electron chi connectivity index (χ4n) is 11.1. The Labute approximate surface area is 380 Å². The van der Waals surface area contributed by atoms with Gasteiger partial charge in [0.25, 0.3) is 0 Å². The third kappa shape index (κ3) is 5.82. The van der Waals surface area contributed by atoms with Crippen molar-refractivity contribution in [2.75, 3.05) is 0 Å². The molecule has 0 fully saturated rings. The van der Waals surface area contributed by atoms with Crippen molar-refractivity contribution in [3.05, 3.63) is 227 Å². The van der Waals surface area contributed by atoms with E-state index in [1.54, 1.807) is 12.1 Å². The van der Waals surface area contributed by atoms with Gasteiger partial charge in [0.15, 0.2) is 0 Å². The van der Waals surface area contributed by atoms with Gasteiger partial charge < -0.3 is 4.42 Å². The van der Waals surface area contributed by atoms with Crippen LogP contribution in [-0.4, -0.2) is 0 Å². The summed E-state index contributed by atoms with van der Waals surface area (Å²) in [6, 6.07) is 67.5. The number of rotatable bonds is 4. The second-order valence-electron chi connectivity index (χ2n) is 20.1. The average molecular weight is 841 g/mol. The van der Waals surface area contributed by atoms with Crippen molar-refractivity contribution in [3.63, 3.8) is 0 Å². The molecule has 2 aliphatic rings. The van der Waals surface area contributed by atoms with Crippen LogP contribution in [0.2, 0.25) is 0 Å². The van der Waals surface area contributed by atoms with Gasteiger partial charge in [-0.3, -0.25) is 0 Å². The fourth-order valence-corrected chi connectivity index (χ4v) is 11.1. The summed E-state index contributed by atoms with van der Waals surface area (Å²) >= 11 is 0. The summed E-state index contributed by atoms with van der Waals surface area (Å²) < 4.78 is 23.2. The van der Waals surface area contributed by atoms with Crippen molar-refractivity contribution in [3.8, 4) is 66.8 Å². The van der Waals surface area contributed by atoms with Gasteiger partial charge in [0.1, 0.15) is 17.0 Å². The van der Waals surface area contributed by atoms with Gasteiger partial charge in [0, 0.05) is 27.5 Å². The predicted molar refractivity (Wildman–Crippen MR) is 269 cm³/mol. The molecule has 9 aromatic carbocycles. The van der Waals surface area contributed by atoms with E-state index in [1.807, 2.05) is 6.07 Å². The molecule has 65 heavy (non-hydrogen) atoms. The van der Waals surface area contributed by atoms with E-state index in [4.69, 9.17) is 4.42 Å². The van der Waals surface area contributed by atoms with Crippen LogP contribution in [0.1, 0.15) is 74.9 Å². The summed E-state index contributed by atoms with van der Waals surface area (Å²) in [5, 5.41) is 2.12. The molecule has 0 radical (unpaired) electrons. The molecule has 12 rings (SSSR count). The number of furan rings is 1. The fraction of sp³-hybridized carbons (Fsp3) is 0.143. The molecule has 0 amide bonds. The largest absolute Gasteiger partial charge is 0.455 e. The number of fused-ring (bicyclic) bond motifs is 14. The lowest BCUT2D eigenvalue weighted by Gasteiger charge is -2.30. The van der Waals surface area contributed by atoms with Crippen LogP contribution in [0.3, 0.4) is 0 Å². The van der Waals surface area contributed by atoms with Gasteiger partial charge in [-0.1, -0.05) is 211 Å². The maximum absolute atomic E-state index is 15.6. The molecular formula is C63H49FO. The minimum absolute atomic E-state index is 0.00306. The van der Waals surface area contributed by atoms with Gasteiger partial charge in [-0.25, -0.2) is 4.39 Å². The first-order valence-electron chi connectivity index (χ1n) is 22.9. The van der Waals surface area contributed by atoms with Crippen molar-refractivity contribution >= 4 is 21.9 Å². The molecule has 0 saturated heterocycles. The van der Waals surface area contributed by atoms with Crippen molar-refractivity contribution in [2.45, 2.75) is 57.8 Å². The minimum Gasteiger partial charge on any atom is -0.455 e. The lowest BCUT2D eigenvalue weighted by molar-refractivity contribution is 0.590. The van der Waals surface area contributed by atoms with Crippen LogP contribution in [0.25, 0.3) is 88.7 Å². The molecule has 314 valence electrons. The maximum atomic E-state index is 15.6. The SMILES string of the molecule is CC(C)(C)c1ccc(-c2c(-c3ccc(-c4ccccc4)cc3)cc3c(oc4c5c(ccc43)C3(c4ccccc4-c4ccc(F)cc43)c3ccccc3-5)c2-c2ccc(C(C)(C)C)cc2)cc1. The van der Waals surface area contributed by atoms with Crippen LogP contribution in [0.5, 0.6) is 0 Å². The first-order chi connectivity index (χ1) is 31.4. The van der Waals surface area contributed by atoms with Gasteiger partial charge >= 0.3 is 0 Å². The van der Waals surface area contributed by atoms with Crippen LogP contribution in [0.4, 0.5) is 4.39 Å². The molecular weight excluding hydrogens is 792 g/mol. The summed E-state index contributed by atoms with van der Waals surface area (Å²) in [5.74, 6) is -0.235. The molecule has 10 aromatic rings. The quantitative estimate of drug-likeness (QED) is 0.172. The van der Waals surface area contributed by atoms with E-state index in [0.29, 0.717) is 0 Å². The lowest BCUT2D eigenvalue weighted by atomic mass is 9.70. The average Bonchev–Trinajstić information content (AvgIpc) is 3.94. The number of hydrogen-bond acceptors (Lipinski definition) is 1. The first kappa shape index (κ1) is 39.3. The number of hydrogen-bond donors (Lipinski definition) is 0. The predicted octanol–water partition coefficient (Wildman–Crippen LogP) is 17.3. The molecule has 0 N–H and O–H groups in total. The second kappa shape index (κ2) is 14.1. The molecule has 0 saturated carbocycles. The summed E-state index contributed by atoms with van der Waals surface area (Å²) in [6.45, 7) is 13.6. The number of benzene rings is 9. The number of halogens is 1. The van der Waals surface area contributed by atoms with Crippen molar-refractivity contribution < 1.29 is 8.81 Å². The molecule has 1 spiro atoms. The van der Waals surface area contributed by atoms with Gasteiger partial charge in [0.05, 0.1) is 5.41 Å². The van der Waals surface area contributed by atoms with Crippen LogP contribution < -0.4 is 0 Å². The van der Waals surface area contributed by atoms with E-state index in [-0.39, 0.29) is 16.6 Å². The molecule has 2 heteroatoms. The highest BCUT2D eigenvalue weighted by molar-refractivity contribution is 6.19.